The van der Waals surface area contributed by atoms with Gasteiger partial charge in [0.05, 0.1) is 25.1 Å². The Morgan fingerprint density at radius 2 is 1.64 bits per heavy atom. The van der Waals surface area contributed by atoms with Gasteiger partial charge in [-0.15, -0.1) is 0 Å². The van der Waals surface area contributed by atoms with Crippen LogP contribution >= 0.6 is 0 Å². The van der Waals surface area contributed by atoms with E-state index in [4.69, 9.17) is 4.74 Å². The van der Waals surface area contributed by atoms with E-state index in [2.05, 4.69) is 25.8 Å². The number of hydrogen-bond acceptors (Lipinski definition) is 6. The molecule has 1 aliphatic heterocycles. The molecule has 0 bridgehead atoms. The number of rotatable bonds is 7. The molecule has 1 aliphatic rings. The molecule has 28 heavy (non-hydrogen) atoms. The molecule has 2 aromatic rings. The Hall–Kier alpha value is -2.97. The lowest BCUT2D eigenvalue weighted by Crippen LogP contribution is -2.39. The summed E-state index contributed by atoms with van der Waals surface area (Å²) in [4.78, 5) is 29.9. The zero-order valence-electron chi connectivity index (χ0n) is 15.9. The number of aromatic nitrogens is 1. The number of ether oxygens (including phenoxy) is 1. The van der Waals surface area contributed by atoms with Gasteiger partial charge in [-0.2, -0.15) is 0 Å². The van der Waals surface area contributed by atoms with E-state index < -0.39 is 0 Å². The van der Waals surface area contributed by atoms with Gasteiger partial charge >= 0.3 is 0 Å². The first kappa shape index (κ1) is 19.8. The number of nitrogens with one attached hydrogen (secondary N) is 3. The number of anilines is 3. The minimum absolute atomic E-state index is 0.139. The molecule has 1 saturated heterocycles. The highest BCUT2D eigenvalue weighted by Crippen LogP contribution is 2.15. The minimum Gasteiger partial charge on any atom is -0.383 e. The van der Waals surface area contributed by atoms with Gasteiger partial charge < -0.3 is 20.7 Å². The molecule has 1 aromatic carbocycles. The monoisotopic (exact) mass is 383 g/mol. The fourth-order valence-corrected chi connectivity index (χ4v) is 2.85. The van der Waals surface area contributed by atoms with Gasteiger partial charge in [-0.3, -0.25) is 14.5 Å². The van der Waals surface area contributed by atoms with Gasteiger partial charge in [0.15, 0.2) is 0 Å². The standard InChI is InChI=1S/C20H25N5O3/c1-15(26)23-16-2-4-17(5-3-16)24-20(27)19-7-6-18(14-22-19)21-8-9-25-10-12-28-13-11-25/h2-7,14,21H,8-13H2,1H3,(H,23,26)(H,24,27). The Kier molecular flexibility index (Phi) is 6.94. The predicted molar refractivity (Wildman–Crippen MR) is 109 cm³/mol. The van der Waals surface area contributed by atoms with Crippen LogP contribution in [0.3, 0.4) is 0 Å². The molecule has 3 rings (SSSR count). The lowest BCUT2D eigenvalue weighted by atomic mass is 10.2. The fourth-order valence-electron chi connectivity index (χ4n) is 2.85. The molecule has 0 spiro atoms. The molecule has 1 fully saturated rings. The first-order chi connectivity index (χ1) is 13.6. The molecule has 0 radical (unpaired) electrons. The Morgan fingerprint density at radius 1 is 1.00 bits per heavy atom. The number of amides is 2. The van der Waals surface area contributed by atoms with Gasteiger partial charge in [-0.05, 0) is 36.4 Å². The molecule has 2 amide bonds. The van der Waals surface area contributed by atoms with E-state index in [1.54, 1.807) is 36.5 Å². The van der Waals surface area contributed by atoms with E-state index in [1.807, 2.05) is 6.07 Å². The summed E-state index contributed by atoms with van der Waals surface area (Å²) in [5.74, 6) is -0.424. The van der Waals surface area contributed by atoms with Gasteiger partial charge in [0.1, 0.15) is 5.69 Å². The average molecular weight is 383 g/mol. The molecule has 148 valence electrons. The number of nitrogens with zero attached hydrogens (tertiary/aromatic N) is 2. The molecule has 8 heteroatoms. The van der Waals surface area contributed by atoms with Crippen molar-refractivity contribution < 1.29 is 14.3 Å². The van der Waals surface area contributed by atoms with Crippen molar-refractivity contribution in [3.05, 3.63) is 48.3 Å². The van der Waals surface area contributed by atoms with Crippen LogP contribution in [-0.2, 0) is 9.53 Å². The van der Waals surface area contributed by atoms with Crippen LogP contribution in [0.15, 0.2) is 42.6 Å². The van der Waals surface area contributed by atoms with Crippen LogP contribution in [0.1, 0.15) is 17.4 Å². The third kappa shape index (κ3) is 6.04. The topological polar surface area (TPSA) is 95.6 Å². The highest BCUT2D eigenvalue weighted by molar-refractivity contribution is 6.03. The molecule has 3 N–H and O–H groups in total. The molecule has 1 aromatic heterocycles. The number of morpholine rings is 1. The quantitative estimate of drug-likeness (QED) is 0.677. The average Bonchev–Trinajstić information content (AvgIpc) is 2.70. The van der Waals surface area contributed by atoms with Gasteiger partial charge in [-0.1, -0.05) is 0 Å². The lowest BCUT2D eigenvalue weighted by Gasteiger charge is -2.26. The van der Waals surface area contributed by atoms with Crippen molar-refractivity contribution in [3.63, 3.8) is 0 Å². The lowest BCUT2D eigenvalue weighted by molar-refractivity contribution is -0.114. The van der Waals surface area contributed by atoms with Crippen LogP contribution in [0.2, 0.25) is 0 Å². The minimum atomic E-state index is -0.285. The summed E-state index contributed by atoms with van der Waals surface area (Å²) in [5, 5.41) is 8.79. The van der Waals surface area contributed by atoms with Crippen molar-refractivity contribution in [2.45, 2.75) is 6.92 Å². The summed E-state index contributed by atoms with van der Waals surface area (Å²) in [6.45, 7) is 6.72. The van der Waals surface area contributed by atoms with Crippen LogP contribution in [0.25, 0.3) is 0 Å². The Labute approximate surface area is 164 Å². The normalized spacial score (nSPS) is 14.3. The second-order valence-electron chi connectivity index (χ2n) is 6.53. The second-order valence-corrected chi connectivity index (χ2v) is 6.53. The summed E-state index contributed by atoms with van der Waals surface area (Å²) in [6, 6.07) is 10.5. The SMILES string of the molecule is CC(=O)Nc1ccc(NC(=O)c2ccc(NCCN3CCOCC3)cn2)cc1. The zero-order valence-corrected chi connectivity index (χ0v) is 15.9. The van der Waals surface area contributed by atoms with Crippen LogP contribution < -0.4 is 16.0 Å². The van der Waals surface area contributed by atoms with E-state index in [1.165, 1.54) is 6.92 Å². The molecular weight excluding hydrogens is 358 g/mol. The largest absolute Gasteiger partial charge is 0.383 e. The number of pyridine rings is 1. The molecule has 0 atom stereocenters. The highest BCUT2D eigenvalue weighted by Gasteiger charge is 2.10. The number of carbonyl (C=O) groups is 2. The molecule has 8 nitrogen and oxygen atoms in total. The summed E-state index contributed by atoms with van der Waals surface area (Å²) >= 11 is 0. The molecule has 0 aliphatic carbocycles. The number of carbonyl (C=O) groups excluding carboxylic acids is 2. The van der Waals surface area contributed by atoms with Crippen molar-refractivity contribution in [2.24, 2.45) is 0 Å². The zero-order chi connectivity index (χ0) is 19.8. The van der Waals surface area contributed by atoms with Crippen molar-refractivity contribution >= 4 is 28.9 Å². The fraction of sp³-hybridized carbons (Fsp3) is 0.350. The van der Waals surface area contributed by atoms with Crippen molar-refractivity contribution in [1.82, 2.24) is 9.88 Å². The van der Waals surface area contributed by atoms with Crippen LogP contribution in [0, 0.1) is 0 Å². The van der Waals surface area contributed by atoms with E-state index in [-0.39, 0.29) is 11.8 Å². The van der Waals surface area contributed by atoms with E-state index in [0.29, 0.717) is 17.1 Å². The number of hydrogen-bond donors (Lipinski definition) is 3. The Bertz CT molecular complexity index is 786. The maximum Gasteiger partial charge on any atom is 0.274 e. The predicted octanol–water partition coefficient (Wildman–Crippen LogP) is 2.04. The summed E-state index contributed by atoms with van der Waals surface area (Å²) in [5.41, 5.74) is 2.53. The molecule has 0 saturated carbocycles. The van der Waals surface area contributed by atoms with Crippen LogP contribution in [0.5, 0.6) is 0 Å². The summed E-state index contributed by atoms with van der Waals surface area (Å²) < 4.78 is 5.34. The van der Waals surface area contributed by atoms with Crippen LogP contribution in [-0.4, -0.2) is 61.1 Å². The third-order valence-electron chi connectivity index (χ3n) is 4.32. The maximum absolute atomic E-state index is 12.3. The van der Waals surface area contributed by atoms with Gasteiger partial charge in [0.2, 0.25) is 5.91 Å². The van der Waals surface area contributed by atoms with Crippen LogP contribution in [0.4, 0.5) is 17.1 Å². The Balaban J connectivity index is 1.47. The Morgan fingerprint density at radius 3 is 2.25 bits per heavy atom. The smallest absolute Gasteiger partial charge is 0.274 e. The van der Waals surface area contributed by atoms with Crippen molar-refractivity contribution in [2.75, 3.05) is 55.3 Å². The summed E-state index contributed by atoms with van der Waals surface area (Å²) in [6.07, 6.45) is 1.66. The van der Waals surface area contributed by atoms with E-state index in [9.17, 15) is 9.59 Å². The molecule has 0 unspecified atom stereocenters. The van der Waals surface area contributed by atoms with E-state index >= 15 is 0 Å². The number of benzene rings is 1. The summed E-state index contributed by atoms with van der Waals surface area (Å²) in [7, 11) is 0. The first-order valence-corrected chi connectivity index (χ1v) is 9.29. The van der Waals surface area contributed by atoms with Gasteiger partial charge in [0.25, 0.3) is 5.91 Å². The maximum atomic E-state index is 12.3. The third-order valence-corrected chi connectivity index (χ3v) is 4.32. The van der Waals surface area contributed by atoms with Gasteiger partial charge in [0, 0.05) is 44.5 Å². The highest BCUT2D eigenvalue weighted by atomic mass is 16.5. The van der Waals surface area contributed by atoms with Crippen molar-refractivity contribution in [3.8, 4) is 0 Å². The van der Waals surface area contributed by atoms with Crippen molar-refractivity contribution in [1.29, 1.82) is 0 Å². The van der Waals surface area contributed by atoms with E-state index in [0.717, 1.165) is 45.1 Å². The molecule has 2 heterocycles. The molecular formula is C20H25N5O3. The second kappa shape index (κ2) is 9.82. The van der Waals surface area contributed by atoms with Gasteiger partial charge in [-0.25, -0.2) is 4.98 Å². The first-order valence-electron chi connectivity index (χ1n) is 9.29.